The molecule has 1 fully saturated rings. The lowest BCUT2D eigenvalue weighted by Gasteiger charge is -2.36. The monoisotopic (exact) mass is 503 g/mol. The van der Waals surface area contributed by atoms with Gasteiger partial charge in [-0.15, -0.1) is 11.3 Å². The van der Waals surface area contributed by atoms with Crippen molar-refractivity contribution in [1.29, 1.82) is 0 Å². The normalized spacial score (nSPS) is 22.2. The van der Waals surface area contributed by atoms with E-state index in [4.69, 9.17) is 9.47 Å². The van der Waals surface area contributed by atoms with Crippen molar-refractivity contribution in [2.24, 2.45) is 10.9 Å². The van der Waals surface area contributed by atoms with Crippen LogP contribution in [0.4, 0.5) is 0 Å². The Hall–Kier alpha value is -2.59. The maximum atomic E-state index is 13.3. The molecule has 0 unspecified atom stereocenters. The fourth-order valence-corrected chi connectivity index (χ4v) is 6.27. The number of esters is 2. The number of fused-ring (bicyclic) bond motifs is 1. The summed E-state index contributed by atoms with van der Waals surface area (Å²) >= 11 is 3.01. The average molecular weight is 504 g/mol. The van der Waals surface area contributed by atoms with Crippen LogP contribution in [-0.2, 0) is 23.9 Å². The van der Waals surface area contributed by atoms with Crippen molar-refractivity contribution in [2.45, 2.75) is 46.1 Å². The number of piperidine rings is 1. The SMILES string of the molecule is CCOC(=O)C1=C(C)N=C2SC=C(CC(=O)N3CCC[C@H](C(=O)OCC)C3)N2[C@@H]1c1cccs1. The van der Waals surface area contributed by atoms with Crippen molar-refractivity contribution in [2.75, 3.05) is 26.3 Å². The second kappa shape index (κ2) is 10.8. The third kappa shape index (κ3) is 4.93. The Balaban J connectivity index is 1.56. The number of thioether (sulfide) groups is 1. The number of ether oxygens (including phenoxy) is 2. The topological polar surface area (TPSA) is 88.5 Å². The summed E-state index contributed by atoms with van der Waals surface area (Å²) in [7, 11) is 0. The number of carbonyl (C=O) groups excluding carboxylic acids is 3. The molecule has 0 aliphatic carbocycles. The third-order valence-corrected chi connectivity index (χ3v) is 7.85. The van der Waals surface area contributed by atoms with Crippen molar-refractivity contribution in [3.8, 4) is 0 Å². The van der Waals surface area contributed by atoms with Gasteiger partial charge in [0.2, 0.25) is 5.91 Å². The fourth-order valence-electron chi connectivity index (χ4n) is 4.48. The summed E-state index contributed by atoms with van der Waals surface area (Å²) < 4.78 is 10.5. The first kappa shape index (κ1) is 24.5. The summed E-state index contributed by atoms with van der Waals surface area (Å²) in [4.78, 5) is 47.8. The van der Waals surface area contributed by atoms with Gasteiger partial charge in [-0.25, -0.2) is 9.79 Å². The predicted molar refractivity (Wildman–Crippen MR) is 132 cm³/mol. The minimum absolute atomic E-state index is 0.0454. The lowest BCUT2D eigenvalue weighted by molar-refractivity contribution is -0.151. The van der Waals surface area contributed by atoms with E-state index >= 15 is 0 Å². The van der Waals surface area contributed by atoms with Crippen LogP contribution in [0.25, 0.3) is 0 Å². The third-order valence-electron chi connectivity index (χ3n) is 6.04. The Morgan fingerprint density at radius 3 is 2.71 bits per heavy atom. The van der Waals surface area contributed by atoms with Crippen molar-refractivity contribution in [3.63, 3.8) is 0 Å². The maximum Gasteiger partial charge on any atom is 0.338 e. The van der Waals surface area contributed by atoms with Crippen LogP contribution in [0.5, 0.6) is 0 Å². The van der Waals surface area contributed by atoms with E-state index in [0.29, 0.717) is 31.0 Å². The lowest BCUT2D eigenvalue weighted by Crippen LogP contribution is -2.44. The molecule has 0 saturated carbocycles. The van der Waals surface area contributed by atoms with Crippen LogP contribution in [0.3, 0.4) is 0 Å². The number of rotatable bonds is 7. The van der Waals surface area contributed by atoms with Crippen LogP contribution in [0.1, 0.15) is 51.0 Å². The van der Waals surface area contributed by atoms with Gasteiger partial charge < -0.3 is 19.3 Å². The smallest absolute Gasteiger partial charge is 0.338 e. The summed E-state index contributed by atoms with van der Waals surface area (Å²) in [5.41, 5.74) is 1.92. The quantitative estimate of drug-likeness (QED) is 0.518. The zero-order valence-corrected chi connectivity index (χ0v) is 21.2. The Bertz CT molecular complexity index is 1050. The highest BCUT2D eigenvalue weighted by molar-refractivity contribution is 8.16. The molecule has 4 heterocycles. The predicted octanol–water partition coefficient (Wildman–Crippen LogP) is 4.08. The van der Waals surface area contributed by atoms with Gasteiger partial charge in [0.25, 0.3) is 0 Å². The highest BCUT2D eigenvalue weighted by atomic mass is 32.2. The Morgan fingerprint density at radius 1 is 1.21 bits per heavy atom. The van der Waals surface area contributed by atoms with E-state index in [1.807, 2.05) is 34.7 Å². The number of hydrogen-bond donors (Lipinski definition) is 0. The second-order valence-corrected chi connectivity index (χ2v) is 10.1. The number of nitrogens with zero attached hydrogens (tertiary/aromatic N) is 3. The van der Waals surface area contributed by atoms with Crippen molar-refractivity contribution < 1.29 is 23.9 Å². The molecule has 182 valence electrons. The van der Waals surface area contributed by atoms with Crippen molar-refractivity contribution in [1.82, 2.24) is 9.80 Å². The Morgan fingerprint density at radius 2 is 2.00 bits per heavy atom. The molecule has 34 heavy (non-hydrogen) atoms. The Kier molecular flexibility index (Phi) is 7.77. The molecule has 3 aliphatic rings. The first-order chi connectivity index (χ1) is 16.4. The molecular weight excluding hydrogens is 474 g/mol. The molecule has 8 nitrogen and oxygen atoms in total. The molecule has 0 spiro atoms. The zero-order valence-electron chi connectivity index (χ0n) is 19.6. The van der Waals surface area contributed by atoms with Crippen LogP contribution in [-0.4, -0.2) is 59.1 Å². The number of aliphatic imine (C=N–C) groups is 1. The number of thiophene rings is 1. The Labute approximate surface area is 207 Å². The summed E-state index contributed by atoms with van der Waals surface area (Å²) in [6.07, 6.45) is 1.67. The van der Waals surface area contributed by atoms with E-state index in [1.165, 1.54) is 11.8 Å². The molecule has 10 heteroatoms. The molecule has 3 aliphatic heterocycles. The fraction of sp³-hybridized carbons (Fsp3) is 0.500. The summed E-state index contributed by atoms with van der Waals surface area (Å²) in [6, 6.07) is 3.54. The minimum atomic E-state index is -0.394. The van der Waals surface area contributed by atoms with Gasteiger partial charge in [-0.05, 0) is 50.5 Å². The van der Waals surface area contributed by atoms with E-state index in [2.05, 4.69) is 4.99 Å². The number of hydrogen-bond acceptors (Lipinski definition) is 9. The molecule has 1 saturated heterocycles. The molecule has 0 bridgehead atoms. The van der Waals surface area contributed by atoms with Crippen LogP contribution in [0.2, 0.25) is 0 Å². The molecule has 1 aromatic heterocycles. The number of carbonyl (C=O) groups is 3. The molecule has 0 radical (unpaired) electrons. The molecule has 0 N–H and O–H groups in total. The summed E-state index contributed by atoms with van der Waals surface area (Å²) in [5.74, 6) is -0.955. The van der Waals surface area contributed by atoms with Crippen LogP contribution < -0.4 is 0 Å². The minimum Gasteiger partial charge on any atom is -0.466 e. The van der Waals surface area contributed by atoms with E-state index in [1.54, 1.807) is 30.1 Å². The number of amides is 1. The van der Waals surface area contributed by atoms with Crippen LogP contribution in [0.15, 0.2) is 44.9 Å². The number of amidine groups is 1. The average Bonchev–Trinajstić information content (AvgIpc) is 3.49. The highest BCUT2D eigenvalue weighted by Crippen LogP contribution is 2.46. The van der Waals surface area contributed by atoms with Gasteiger partial charge in [0.05, 0.1) is 36.8 Å². The van der Waals surface area contributed by atoms with Gasteiger partial charge in [-0.2, -0.15) is 0 Å². The number of likely N-dealkylation sites (tertiary alicyclic amines) is 1. The van der Waals surface area contributed by atoms with Gasteiger partial charge in [-0.3, -0.25) is 9.59 Å². The first-order valence-electron chi connectivity index (χ1n) is 11.5. The molecule has 4 rings (SSSR count). The highest BCUT2D eigenvalue weighted by Gasteiger charge is 2.42. The molecule has 2 atom stereocenters. The van der Waals surface area contributed by atoms with Gasteiger partial charge >= 0.3 is 11.9 Å². The van der Waals surface area contributed by atoms with Crippen LogP contribution in [0, 0.1) is 5.92 Å². The zero-order chi connectivity index (χ0) is 24.2. The number of allylic oxidation sites excluding steroid dienone is 1. The van der Waals surface area contributed by atoms with Crippen LogP contribution >= 0.6 is 23.1 Å². The van der Waals surface area contributed by atoms with Gasteiger partial charge in [-0.1, -0.05) is 17.8 Å². The maximum absolute atomic E-state index is 13.3. The molecule has 1 aromatic rings. The molecule has 0 aromatic carbocycles. The van der Waals surface area contributed by atoms with Crippen molar-refractivity contribution in [3.05, 3.63) is 44.8 Å². The summed E-state index contributed by atoms with van der Waals surface area (Å²) in [6.45, 7) is 7.00. The largest absolute Gasteiger partial charge is 0.466 e. The first-order valence-corrected chi connectivity index (χ1v) is 13.3. The standard InChI is InChI=1S/C24H29N3O5S2/c1-4-31-22(29)16-8-6-10-26(13-16)19(28)12-17-14-34-24-25-15(3)20(23(30)32-5-2)21(27(17)24)18-9-7-11-33-18/h7,9,11,14,16,21H,4-6,8,10,12-13H2,1-3H3/t16-,21+/m0/s1. The van der Waals surface area contributed by atoms with Gasteiger partial charge in [0.1, 0.15) is 6.04 Å². The van der Waals surface area contributed by atoms with E-state index in [9.17, 15) is 14.4 Å². The molecule has 1 amide bonds. The van der Waals surface area contributed by atoms with E-state index in [-0.39, 0.29) is 30.8 Å². The van der Waals surface area contributed by atoms with Gasteiger partial charge in [0.15, 0.2) is 5.17 Å². The van der Waals surface area contributed by atoms with E-state index in [0.717, 1.165) is 28.6 Å². The molecular formula is C24H29N3O5S2. The van der Waals surface area contributed by atoms with Gasteiger partial charge in [0, 0.05) is 23.7 Å². The summed E-state index contributed by atoms with van der Waals surface area (Å²) in [5, 5.41) is 4.65. The van der Waals surface area contributed by atoms with E-state index < -0.39 is 12.0 Å². The van der Waals surface area contributed by atoms with Crippen molar-refractivity contribution >= 4 is 46.1 Å². The lowest BCUT2D eigenvalue weighted by atomic mass is 9.97. The second-order valence-electron chi connectivity index (χ2n) is 8.24.